The summed E-state index contributed by atoms with van der Waals surface area (Å²) in [7, 11) is 1.46. The Bertz CT molecular complexity index is 871. The molecule has 2 fully saturated rings. The summed E-state index contributed by atoms with van der Waals surface area (Å²) < 4.78 is 32.9. The number of hydrogen-bond donors (Lipinski definition) is 0. The zero-order chi connectivity index (χ0) is 22.7. The number of ether oxygens (including phenoxy) is 6. The van der Waals surface area contributed by atoms with Crippen LogP contribution in [-0.2, 0) is 33.3 Å². The van der Waals surface area contributed by atoms with Gasteiger partial charge in [-0.05, 0) is 12.1 Å². The van der Waals surface area contributed by atoms with Crippen molar-refractivity contribution in [1.82, 2.24) is 4.90 Å². The van der Waals surface area contributed by atoms with Crippen LogP contribution in [0.25, 0.3) is 0 Å². The van der Waals surface area contributed by atoms with Crippen molar-refractivity contribution >= 4 is 23.9 Å². The monoisotopic (exact) mass is 437 g/mol. The molecule has 0 aliphatic carbocycles. The maximum atomic E-state index is 12.4. The Hall–Kier alpha value is -3.34. The van der Waals surface area contributed by atoms with Crippen molar-refractivity contribution in [1.29, 1.82) is 0 Å². The molecule has 0 aromatic heterocycles. The highest BCUT2D eigenvalue weighted by Gasteiger charge is 2.60. The van der Waals surface area contributed by atoms with E-state index in [1.54, 1.807) is 24.3 Å². The molecule has 2 heterocycles. The molecule has 0 radical (unpaired) electrons. The van der Waals surface area contributed by atoms with Gasteiger partial charge in [0.05, 0.1) is 7.11 Å². The first-order valence-electron chi connectivity index (χ1n) is 9.49. The van der Waals surface area contributed by atoms with E-state index in [0.717, 1.165) is 4.90 Å². The van der Waals surface area contributed by atoms with Gasteiger partial charge in [-0.15, -0.1) is 0 Å². The van der Waals surface area contributed by atoms with Crippen molar-refractivity contribution in [3.63, 3.8) is 0 Å². The summed E-state index contributed by atoms with van der Waals surface area (Å²) in [5.41, 5.74) is 0. The summed E-state index contributed by atoms with van der Waals surface area (Å²) in [6.07, 6.45) is -5.40. The molecule has 1 aromatic rings. The van der Waals surface area contributed by atoms with Crippen molar-refractivity contribution in [2.75, 3.05) is 13.7 Å². The van der Waals surface area contributed by atoms with Gasteiger partial charge in [-0.1, -0.05) is 12.1 Å². The number of methoxy groups -OCH3 is 1. The first kappa shape index (κ1) is 22.3. The lowest BCUT2D eigenvalue weighted by Gasteiger charge is -2.42. The fourth-order valence-corrected chi connectivity index (χ4v) is 3.54. The van der Waals surface area contributed by atoms with Gasteiger partial charge in [-0.3, -0.25) is 14.4 Å². The second-order valence-electron chi connectivity index (χ2n) is 6.92. The number of carbonyl (C=O) groups excluding carboxylic acids is 4. The molecule has 0 spiro atoms. The normalized spacial score (nSPS) is 27.0. The lowest BCUT2D eigenvalue weighted by atomic mass is 9.96. The number of amides is 2. The summed E-state index contributed by atoms with van der Waals surface area (Å²) >= 11 is 0. The number of carbonyl (C=O) groups is 4. The number of para-hydroxylation sites is 2. The van der Waals surface area contributed by atoms with Gasteiger partial charge in [-0.25, -0.2) is 9.69 Å². The zero-order valence-electron chi connectivity index (χ0n) is 17.4. The van der Waals surface area contributed by atoms with Gasteiger partial charge in [-0.2, -0.15) is 0 Å². The molecule has 5 atom stereocenters. The fraction of sp³-hybridized carbons (Fsp3) is 0.500. The Morgan fingerprint density at radius 1 is 1.06 bits per heavy atom. The van der Waals surface area contributed by atoms with E-state index in [1.807, 2.05) is 0 Å². The van der Waals surface area contributed by atoms with Gasteiger partial charge in [0.2, 0.25) is 12.2 Å². The zero-order valence-corrected chi connectivity index (χ0v) is 17.4. The van der Waals surface area contributed by atoms with Crippen LogP contribution in [0.1, 0.15) is 20.8 Å². The van der Waals surface area contributed by atoms with E-state index in [4.69, 9.17) is 28.4 Å². The first-order valence-corrected chi connectivity index (χ1v) is 9.49. The lowest BCUT2D eigenvalue weighted by molar-refractivity contribution is -0.248. The third kappa shape index (κ3) is 4.71. The fourth-order valence-electron chi connectivity index (χ4n) is 3.54. The smallest absolute Gasteiger partial charge is 0.417 e. The third-order valence-electron chi connectivity index (χ3n) is 4.75. The van der Waals surface area contributed by atoms with Crippen LogP contribution in [0.15, 0.2) is 24.3 Å². The predicted molar refractivity (Wildman–Crippen MR) is 101 cm³/mol. The van der Waals surface area contributed by atoms with Crippen molar-refractivity contribution in [3.05, 3.63) is 24.3 Å². The molecule has 0 bridgehead atoms. The topological polar surface area (TPSA) is 127 Å². The molecular formula is C20H23NO10. The molecular weight excluding hydrogens is 414 g/mol. The molecule has 11 heteroatoms. The number of imide groups is 1. The predicted octanol–water partition coefficient (Wildman–Crippen LogP) is 1.03. The van der Waals surface area contributed by atoms with Gasteiger partial charge >= 0.3 is 18.0 Å². The van der Waals surface area contributed by atoms with Crippen LogP contribution in [0, 0.1) is 0 Å². The Labute approximate surface area is 178 Å². The summed E-state index contributed by atoms with van der Waals surface area (Å²) in [6.45, 7) is 3.28. The SMILES string of the molecule is COc1ccccc1OC1O[C@H](COC(C)=O)[C@@H](OC(C)=O)[C@@H]2OC(=O)N(C(C)=O)[C@@H]12. The number of rotatable bonds is 6. The average molecular weight is 437 g/mol. The Morgan fingerprint density at radius 3 is 2.32 bits per heavy atom. The number of fused-ring (bicyclic) bond motifs is 1. The highest BCUT2D eigenvalue weighted by Crippen LogP contribution is 2.37. The van der Waals surface area contributed by atoms with Crippen molar-refractivity contribution in [2.45, 2.75) is 51.4 Å². The largest absolute Gasteiger partial charge is 0.493 e. The second kappa shape index (κ2) is 9.21. The molecule has 0 saturated carbocycles. The van der Waals surface area contributed by atoms with Gasteiger partial charge in [0, 0.05) is 20.8 Å². The van der Waals surface area contributed by atoms with Crippen LogP contribution in [0.2, 0.25) is 0 Å². The molecule has 2 aliphatic rings. The first-order chi connectivity index (χ1) is 14.7. The van der Waals surface area contributed by atoms with Crippen LogP contribution in [0.4, 0.5) is 4.79 Å². The minimum Gasteiger partial charge on any atom is -0.493 e. The van der Waals surface area contributed by atoms with Gasteiger partial charge in [0.15, 0.2) is 23.7 Å². The minimum absolute atomic E-state index is 0.286. The molecule has 1 unspecified atom stereocenters. The maximum absolute atomic E-state index is 12.4. The highest BCUT2D eigenvalue weighted by atomic mass is 16.7. The highest BCUT2D eigenvalue weighted by molar-refractivity contribution is 5.92. The number of nitrogens with zero attached hydrogens (tertiary/aromatic N) is 1. The minimum atomic E-state index is -1.22. The van der Waals surface area contributed by atoms with Crippen molar-refractivity contribution in [2.24, 2.45) is 0 Å². The molecule has 31 heavy (non-hydrogen) atoms. The second-order valence-corrected chi connectivity index (χ2v) is 6.92. The van der Waals surface area contributed by atoms with E-state index in [-0.39, 0.29) is 12.4 Å². The van der Waals surface area contributed by atoms with E-state index in [9.17, 15) is 19.2 Å². The molecule has 2 amide bonds. The van der Waals surface area contributed by atoms with E-state index < -0.39 is 54.6 Å². The molecule has 1 aromatic carbocycles. The Kier molecular flexibility index (Phi) is 6.64. The van der Waals surface area contributed by atoms with Crippen LogP contribution in [0.5, 0.6) is 11.5 Å². The van der Waals surface area contributed by atoms with E-state index in [1.165, 1.54) is 27.9 Å². The van der Waals surface area contributed by atoms with Crippen LogP contribution >= 0.6 is 0 Å². The number of hydrogen-bond acceptors (Lipinski definition) is 10. The van der Waals surface area contributed by atoms with Gasteiger partial charge < -0.3 is 28.4 Å². The maximum Gasteiger partial charge on any atom is 0.417 e. The molecule has 3 rings (SSSR count). The van der Waals surface area contributed by atoms with Gasteiger partial charge in [0.1, 0.15) is 18.8 Å². The summed E-state index contributed by atoms with van der Waals surface area (Å²) in [6, 6.07) is 5.65. The third-order valence-corrected chi connectivity index (χ3v) is 4.75. The van der Waals surface area contributed by atoms with Crippen LogP contribution in [-0.4, -0.2) is 73.2 Å². The van der Waals surface area contributed by atoms with Crippen LogP contribution in [0.3, 0.4) is 0 Å². The lowest BCUT2D eigenvalue weighted by Crippen LogP contribution is -2.63. The summed E-state index contributed by atoms with van der Waals surface area (Å²) in [4.78, 5) is 48.5. The molecule has 168 valence electrons. The molecule has 2 saturated heterocycles. The van der Waals surface area contributed by atoms with E-state index in [0.29, 0.717) is 5.75 Å². The standard InChI is InChI=1S/C20H23NO10/c1-10(22)21-16-18(31-20(21)25)17(28-12(3)24)15(9-27-11(2)23)30-19(16)29-14-8-6-5-7-13(14)26-4/h5-8,15-19H,9H2,1-4H3/t15-,16-,17-,18-,19?/m1/s1. The molecule has 0 N–H and O–H groups in total. The van der Waals surface area contributed by atoms with Crippen LogP contribution < -0.4 is 9.47 Å². The molecule has 2 aliphatic heterocycles. The Morgan fingerprint density at radius 2 is 1.74 bits per heavy atom. The van der Waals surface area contributed by atoms with E-state index in [2.05, 4.69) is 0 Å². The Balaban J connectivity index is 1.98. The van der Waals surface area contributed by atoms with Crippen molar-refractivity contribution < 1.29 is 47.6 Å². The van der Waals surface area contributed by atoms with Gasteiger partial charge in [0.25, 0.3) is 0 Å². The van der Waals surface area contributed by atoms with E-state index >= 15 is 0 Å². The average Bonchev–Trinajstić information content (AvgIpc) is 3.06. The summed E-state index contributed by atoms with van der Waals surface area (Å²) in [5, 5.41) is 0. The summed E-state index contributed by atoms with van der Waals surface area (Å²) in [5.74, 6) is -1.17. The van der Waals surface area contributed by atoms with Crippen molar-refractivity contribution in [3.8, 4) is 11.5 Å². The number of benzene rings is 1. The number of esters is 2. The molecule has 11 nitrogen and oxygen atoms in total. The quantitative estimate of drug-likeness (QED) is 0.470.